The molecule has 218 valence electrons. The molecule has 10 aromatic rings. The van der Waals surface area contributed by atoms with Gasteiger partial charge in [-0.1, -0.05) is 109 Å². The van der Waals surface area contributed by atoms with Crippen molar-refractivity contribution in [3.63, 3.8) is 0 Å². The highest BCUT2D eigenvalue weighted by Crippen LogP contribution is 2.39. The van der Waals surface area contributed by atoms with Crippen LogP contribution in [0.3, 0.4) is 0 Å². The number of aromatic amines is 2. The van der Waals surface area contributed by atoms with Crippen molar-refractivity contribution in [2.45, 2.75) is 0 Å². The summed E-state index contributed by atoms with van der Waals surface area (Å²) in [6, 6.07) is 55.5. The van der Waals surface area contributed by atoms with Crippen LogP contribution in [0.2, 0.25) is 0 Å². The number of fused-ring (bicyclic) bond motifs is 2. The minimum atomic E-state index is 1.03. The molecule has 0 aliphatic heterocycles. The number of H-pyrrole nitrogens is 2. The van der Waals surface area contributed by atoms with E-state index in [9.17, 15) is 0 Å². The van der Waals surface area contributed by atoms with Crippen LogP contribution >= 0.6 is 0 Å². The van der Waals surface area contributed by atoms with Crippen molar-refractivity contribution in [1.29, 1.82) is 0 Å². The van der Waals surface area contributed by atoms with Gasteiger partial charge in [-0.15, -0.1) is 0 Å². The molecule has 4 nitrogen and oxygen atoms in total. The SMILES string of the molecule is c1ccc(-c2cc3ccc4cc(-c5ccccc5)cc5ccc(c2)c3c45)cc1.c1ccc2[nH]cnc2c1.c1ccc2[nH]cnc2c1. The molecule has 0 atom stereocenters. The predicted octanol–water partition coefficient (Wildman–Crippen LogP) is 11.0. The summed E-state index contributed by atoms with van der Waals surface area (Å²) in [5, 5.41) is 7.97. The largest absolute Gasteiger partial charge is 0.345 e. The Bertz CT molecular complexity index is 2220. The molecule has 0 unspecified atom stereocenters. The third kappa shape index (κ3) is 5.33. The van der Waals surface area contributed by atoms with E-state index in [0.29, 0.717) is 0 Å². The first-order valence-corrected chi connectivity index (χ1v) is 15.4. The minimum absolute atomic E-state index is 1.03. The third-order valence-electron chi connectivity index (χ3n) is 8.40. The standard InChI is InChI=1S/C28H18.2C7H6N2/c1-3-7-19(8-4-1)25-15-21-11-13-23-17-26(20-9-5-2-6-10-20)18-24-14-12-22(16-25)27(21)28(23)24;2*1-2-4-7-6(3-1)8-5-9-7/h1-18H;2*1-5H,(H,8,9). The van der Waals surface area contributed by atoms with Gasteiger partial charge in [-0.25, -0.2) is 9.97 Å². The molecule has 0 saturated carbocycles. The molecule has 0 amide bonds. The van der Waals surface area contributed by atoms with Crippen LogP contribution in [0.4, 0.5) is 0 Å². The molecule has 0 spiro atoms. The topological polar surface area (TPSA) is 57.4 Å². The molecule has 10 rings (SSSR count). The summed E-state index contributed by atoms with van der Waals surface area (Å²) in [5.74, 6) is 0. The van der Waals surface area contributed by atoms with E-state index in [1.807, 2.05) is 48.5 Å². The van der Waals surface area contributed by atoms with E-state index in [-0.39, 0.29) is 0 Å². The van der Waals surface area contributed by atoms with Crippen LogP contribution in [0, 0.1) is 0 Å². The van der Waals surface area contributed by atoms with E-state index >= 15 is 0 Å². The molecule has 8 aromatic carbocycles. The van der Waals surface area contributed by atoms with Crippen LogP contribution in [0.5, 0.6) is 0 Å². The average Bonchev–Trinajstić information content (AvgIpc) is 3.82. The van der Waals surface area contributed by atoms with Gasteiger partial charge in [-0.2, -0.15) is 0 Å². The van der Waals surface area contributed by atoms with E-state index in [0.717, 1.165) is 22.1 Å². The first-order chi connectivity index (χ1) is 22.8. The molecule has 46 heavy (non-hydrogen) atoms. The highest BCUT2D eigenvalue weighted by Gasteiger charge is 2.12. The maximum Gasteiger partial charge on any atom is 0.0931 e. The molecule has 0 bridgehead atoms. The van der Waals surface area contributed by atoms with E-state index in [2.05, 4.69) is 129 Å². The molecule has 2 heterocycles. The van der Waals surface area contributed by atoms with Crippen LogP contribution in [0.15, 0.2) is 170 Å². The highest BCUT2D eigenvalue weighted by molar-refractivity contribution is 6.24. The molecule has 2 N–H and O–H groups in total. The van der Waals surface area contributed by atoms with Crippen LogP contribution in [-0.2, 0) is 0 Å². The third-order valence-corrected chi connectivity index (χ3v) is 8.40. The number of benzene rings is 8. The molecule has 0 fully saturated rings. The van der Waals surface area contributed by atoms with Crippen LogP contribution < -0.4 is 0 Å². The number of rotatable bonds is 2. The molecule has 4 heteroatoms. The first-order valence-electron chi connectivity index (χ1n) is 15.4. The second-order valence-corrected chi connectivity index (χ2v) is 11.3. The zero-order chi connectivity index (χ0) is 30.7. The molecular formula is C42H30N4. The fraction of sp³-hybridized carbons (Fsp3) is 0. The predicted molar refractivity (Wildman–Crippen MR) is 193 cm³/mol. The van der Waals surface area contributed by atoms with Crippen LogP contribution in [0.1, 0.15) is 0 Å². The van der Waals surface area contributed by atoms with Gasteiger partial charge in [0, 0.05) is 0 Å². The van der Waals surface area contributed by atoms with Gasteiger partial charge in [-0.05, 0) is 103 Å². The number of para-hydroxylation sites is 4. The lowest BCUT2D eigenvalue weighted by Gasteiger charge is -2.14. The Morgan fingerprint density at radius 2 is 0.674 bits per heavy atom. The van der Waals surface area contributed by atoms with Crippen molar-refractivity contribution < 1.29 is 0 Å². The summed E-state index contributed by atoms with van der Waals surface area (Å²) < 4.78 is 0. The molecule has 0 aliphatic carbocycles. The second kappa shape index (κ2) is 12.0. The van der Waals surface area contributed by atoms with Crippen molar-refractivity contribution in [1.82, 2.24) is 19.9 Å². The van der Waals surface area contributed by atoms with Crippen LogP contribution in [-0.4, -0.2) is 19.9 Å². The van der Waals surface area contributed by atoms with Crippen molar-refractivity contribution in [2.75, 3.05) is 0 Å². The second-order valence-electron chi connectivity index (χ2n) is 11.3. The smallest absolute Gasteiger partial charge is 0.0931 e. The molecule has 2 aromatic heterocycles. The van der Waals surface area contributed by atoms with Gasteiger partial charge >= 0.3 is 0 Å². The maximum atomic E-state index is 4.06. The highest BCUT2D eigenvalue weighted by atomic mass is 14.9. The first kappa shape index (κ1) is 27.3. The number of nitrogens with zero attached hydrogens (tertiary/aromatic N) is 2. The van der Waals surface area contributed by atoms with E-state index in [1.165, 1.54) is 54.6 Å². The van der Waals surface area contributed by atoms with E-state index in [4.69, 9.17) is 0 Å². The Hall–Kier alpha value is -6.26. The lowest BCUT2D eigenvalue weighted by Crippen LogP contribution is -1.87. The normalized spacial score (nSPS) is 11.0. The number of imidazole rings is 2. The van der Waals surface area contributed by atoms with Crippen LogP contribution in [0.25, 0.3) is 76.6 Å². The van der Waals surface area contributed by atoms with E-state index in [1.54, 1.807) is 12.7 Å². The Morgan fingerprint density at radius 1 is 0.326 bits per heavy atom. The van der Waals surface area contributed by atoms with Gasteiger partial charge in [0.1, 0.15) is 0 Å². The number of aromatic nitrogens is 4. The fourth-order valence-electron chi connectivity index (χ4n) is 6.19. The van der Waals surface area contributed by atoms with Gasteiger partial charge < -0.3 is 9.97 Å². The van der Waals surface area contributed by atoms with Gasteiger partial charge in [-0.3, -0.25) is 0 Å². The zero-order valence-corrected chi connectivity index (χ0v) is 25.1. The summed E-state index contributed by atoms with van der Waals surface area (Å²) in [4.78, 5) is 14.1. The van der Waals surface area contributed by atoms with Crippen molar-refractivity contribution in [2.24, 2.45) is 0 Å². The summed E-state index contributed by atoms with van der Waals surface area (Å²) in [6.45, 7) is 0. The number of hydrogen-bond acceptors (Lipinski definition) is 2. The average molecular weight is 591 g/mol. The fourth-order valence-corrected chi connectivity index (χ4v) is 6.19. The van der Waals surface area contributed by atoms with Gasteiger partial charge in [0.2, 0.25) is 0 Å². The lowest BCUT2D eigenvalue weighted by molar-refractivity contribution is 1.34. The molecule has 0 aliphatic rings. The maximum absolute atomic E-state index is 4.06. The van der Waals surface area contributed by atoms with Gasteiger partial charge in [0.05, 0.1) is 34.7 Å². The molecule has 0 saturated heterocycles. The van der Waals surface area contributed by atoms with Gasteiger partial charge in [0.25, 0.3) is 0 Å². The number of nitrogens with one attached hydrogen (secondary N) is 2. The summed E-state index contributed by atoms with van der Waals surface area (Å²) in [7, 11) is 0. The quantitative estimate of drug-likeness (QED) is 0.197. The van der Waals surface area contributed by atoms with Crippen molar-refractivity contribution in [3.05, 3.63) is 170 Å². The van der Waals surface area contributed by atoms with Gasteiger partial charge in [0.15, 0.2) is 0 Å². The summed E-state index contributed by atoms with van der Waals surface area (Å²) >= 11 is 0. The Morgan fingerprint density at radius 3 is 1.04 bits per heavy atom. The summed E-state index contributed by atoms with van der Waals surface area (Å²) in [5.41, 5.74) is 9.32. The molecular weight excluding hydrogens is 560 g/mol. The Balaban J connectivity index is 0.000000140. The Kier molecular flexibility index (Phi) is 7.14. The lowest BCUT2D eigenvalue weighted by atomic mass is 9.89. The summed E-state index contributed by atoms with van der Waals surface area (Å²) in [6.07, 6.45) is 3.40. The van der Waals surface area contributed by atoms with Crippen molar-refractivity contribution >= 4 is 54.4 Å². The minimum Gasteiger partial charge on any atom is -0.345 e. The van der Waals surface area contributed by atoms with Crippen molar-refractivity contribution in [3.8, 4) is 22.3 Å². The zero-order valence-electron chi connectivity index (χ0n) is 25.1. The van der Waals surface area contributed by atoms with E-state index < -0.39 is 0 Å². The monoisotopic (exact) mass is 590 g/mol. The number of hydrogen-bond donors (Lipinski definition) is 2. The molecule has 0 radical (unpaired) electrons. The Labute approximate surface area is 266 Å².